The monoisotopic (exact) mass is 333 g/mol. The van der Waals surface area contributed by atoms with Crippen molar-refractivity contribution in [3.8, 4) is 0 Å². The third-order valence-electron chi connectivity index (χ3n) is 2.92. The fourth-order valence-corrected chi connectivity index (χ4v) is 2.57. The number of nitrogens with two attached hydrogens (primary N) is 1. The Labute approximate surface area is 121 Å². The van der Waals surface area contributed by atoms with Gasteiger partial charge in [-0.2, -0.15) is 0 Å². The van der Waals surface area contributed by atoms with Crippen molar-refractivity contribution in [1.29, 1.82) is 0 Å². The maximum Gasteiger partial charge on any atom is 0.0608 e. The average Bonchev–Trinajstić information content (AvgIpc) is 2.40. The smallest absolute Gasteiger partial charge is 0.0608 e. The molecule has 100 valence electrons. The molecule has 6 heteroatoms. The molecule has 4 nitrogen and oxygen atoms in total. The maximum atomic E-state index is 6.23. The van der Waals surface area contributed by atoms with Crippen LogP contribution in [0.3, 0.4) is 0 Å². The van der Waals surface area contributed by atoms with Crippen molar-refractivity contribution >= 4 is 27.5 Å². The van der Waals surface area contributed by atoms with E-state index < -0.39 is 0 Å². The predicted octanol–water partition coefficient (Wildman–Crippen LogP) is 1.94. The molecular weight excluding hydrogens is 318 g/mol. The van der Waals surface area contributed by atoms with Crippen LogP contribution in [0, 0.1) is 0 Å². The van der Waals surface area contributed by atoms with Crippen molar-refractivity contribution < 1.29 is 4.74 Å². The first kappa shape index (κ1) is 14.2. The number of morpholine rings is 1. The quantitative estimate of drug-likeness (QED) is 0.883. The first-order valence-electron chi connectivity index (χ1n) is 5.94. The molecule has 1 aromatic rings. The van der Waals surface area contributed by atoms with E-state index in [9.17, 15) is 0 Å². The second-order valence-electron chi connectivity index (χ2n) is 4.18. The van der Waals surface area contributed by atoms with Gasteiger partial charge in [0.15, 0.2) is 0 Å². The van der Waals surface area contributed by atoms with Crippen LogP contribution in [0.15, 0.2) is 22.7 Å². The van der Waals surface area contributed by atoms with E-state index in [4.69, 9.17) is 22.1 Å². The van der Waals surface area contributed by atoms with Crippen LogP contribution >= 0.6 is 27.5 Å². The zero-order valence-corrected chi connectivity index (χ0v) is 12.4. The van der Waals surface area contributed by atoms with Gasteiger partial charge in [-0.25, -0.2) is 10.4 Å². The van der Waals surface area contributed by atoms with Gasteiger partial charge in [-0.15, -0.1) is 0 Å². The molecule has 0 aromatic heterocycles. The lowest BCUT2D eigenvalue weighted by molar-refractivity contribution is 0.00405. The molecule has 1 atom stereocenters. The molecule has 0 radical (unpaired) electrons. The first-order valence-corrected chi connectivity index (χ1v) is 7.11. The van der Waals surface area contributed by atoms with Gasteiger partial charge in [0.1, 0.15) is 0 Å². The Morgan fingerprint density at radius 1 is 1.44 bits per heavy atom. The molecule has 1 aliphatic rings. The Bertz CT molecular complexity index is 399. The standard InChI is InChI=1S/C12H17BrClN3O/c13-9-1-2-11(14)10(7-9)12(8-15)16-17-3-5-18-6-4-17/h1-2,7,12,16H,3-6,8,15H2. The summed E-state index contributed by atoms with van der Waals surface area (Å²) in [6.45, 7) is 3.71. The molecule has 0 bridgehead atoms. The number of halogens is 2. The summed E-state index contributed by atoms with van der Waals surface area (Å²) in [5, 5.41) is 2.87. The number of benzene rings is 1. The topological polar surface area (TPSA) is 50.5 Å². The van der Waals surface area contributed by atoms with E-state index >= 15 is 0 Å². The lowest BCUT2D eigenvalue weighted by Crippen LogP contribution is -2.48. The van der Waals surface area contributed by atoms with E-state index in [-0.39, 0.29) is 6.04 Å². The van der Waals surface area contributed by atoms with Gasteiger partial charge in [-0.1, -0.05) is 27.5 Å². The van der Waals surface area contributed by atoms with Crippen LogP contribution in [-0.2, 0) is 4.74 Å². The highest BCUT2D eigenvalue weighted by Crippen LogP contribution is 2.26. The molecule has 1 aliphatic heterocycles. The molecule has 1 saturated heterocycles. The summed E-state index contributed by atoms with van der Waals surface area (Å²) in [6.07, 6.45) is 0. The number of hydrogen-bond acceptors (Lipinski definition) is 4. The van der Waals surface area contributed by atoms with Crippen LogP contribution in [0.2, 0.25) is 5.02 Å². The van der Waals surface area contributed by atoms with Gasteiger partial charge in [0.05, 0.1) is 19.3 Å². The Kier molecular flexibility index (Phi) is 5.41. The van der Waals surface area contributed by atoms with Crippen LogP contribution in [-0.4, -0.2) is 37.9 Å². The lowest BCUT2D eigenvalue weighted by atomic mass is 10.1. The molecular formula is C12H17BrClN3O. The maximum absolute atomic E-state index is 6.23. The van der Waals surface area contributed by atoms with E-state index in [1.54, 1.807) is 0 Å². The Morgan fingerprint density at radius 2 is 2.17 bits per heavy atom. The minimum absolute atomic E-state index is 0.0214. The Balaban J connectivity index is 2.09. The fraction of sp³-hybridized carbons (Fsp3) is 0.500. The van der Waals surface area contributed by atoms with E-state index in [0.717, 1.165) is 41.4 Å². The Hall–Kier alpha value is -0.170. The minimum atomic E-state index is 0.0214. The number of hydrogen-bond donors (Lipinski definition) is 2. The molecule has 2 rings (SSSR count). The summed E-state index contributed by atoms with van der Waals surface area (Å²) >= 11 is 9.69. The molecule has 3 N–H and O–H groups in total. The summed E-state index contributed by atoms with van der Waals surface area (Å²) in [5.74, 6) is 0. The van der Waals surface area contributed by atoms with Crippen molar-refractivity contribution in [2.24, 2.45) is 5.73 Å². The predicted molar refractivity (Wildman–Crippen MR) is 76.5 cm³/mol. The molecule has 1 heterocycles. The van der Waals surface area contributed by atoms with Gasteiger partial charge < -0.3 is 10.5 Å². The molecule has 0 spiro atoms. The van der Waals surface area contributed by atoms with Gasteiger partial charge in [0.25, 0.3) is 0 Å². The zero-order valence-electron chi connectivity index (χ0n) is 10.0. The zero-order chi connectivity index (χ0) is 13.0. The van der Waals surface area contributed by atoms with Crippen LogP contribution in [0.4, 0.5) is 0 Å². The molecule has 0 saturated carbocycles. The average molecular weight is 335 g/mol. The van der Waals surface area contributed by atoms with Gasteiger partial charge in [0, 0.05) is 29.1 Å². The van der Waals surface area contributed by atoms with Crippen molar-refractivity contribution in [3.05, 3.63) is 33.3 Å². The highest BCUT2D eigenvalue weighted by molar-refractivity contribution is 9.10. The molecule has 1 aromatic carbocycles. The number of ether oxygens (including phenoxy) is 1. The highest BCUT2D eigenvalue weighted by atomic mass is 79.9. The van der Waals surface area contributed by atoms with Crippen LogP contribution in [0.1, 0.15) is 11.6 Å². The van der Waals surface area contributed by atoms with Gasteiger partial charge in [-0.05, 0) is 23.8 Å². The van der Waals surface area contributed by atoms with Gasteiger partial charge in [-0.3, -0.25) is 0 Å². The summed E-state index contributed by atoms with van der Waals surface area (Å²) < 4.78 is 6.32. The van der Waals surface area contributed by atoms with Gasteiger partial charge >= 0.3 is 0 Å². The van der Waals surface area contributed by atoms with Crippen LogP contribution in [0.25, 0.3) is 0 Å². The molecule has 0 amide bonds. The third-order valence-corrected chi connectivity index (χ3v) is 3.76. The van der Waals surface area contributed by atoms with Crippen LogP contribution < -0.4 is 11.2 Å². The normalized spacial score (nSPS) is 18.8. The SMILES string of the molecule is NCC(NN1CCOCC1)c1cc(Br)ccc1Cl. The first-order chi connectivity index (χ1) is 8.70. The second kappa shape index (κ2) is 6.84. The van der Waals surface area contributed by atoms with E-state index in [1.807, 2.05) is 18.2 Å². The number of hydrazine groups is 1. The highest BCUT2D eigenvalue weighted by Gasteiger charge is 2.18. The number of rotatable bonds is 4. The van der Waals surface area contributed by atoms with Crippen molar-refractivity contribution in [2.45, 2.75) is 6.04 Å². The van der Waals surface area contributed by atoms with Gasteiger partial charge in [0.2, 0.25) is 0 Å². The minimum Gasteiger partial charge on any atom is -0.379 e. The third kappa shape index (κ3) is 3.66. The summed E-state index contributed by atoms with van der Waals surface area (Å²) in [7, 11) is 0. The van der Waals surface area contributed by atoms with Crippen molar-refractivity contribution in [2.75, 3.05) is 32.8 Å². The molecule has 1 unspecified atom stereocenters. The fourth-order valence-electron chi connectivity index (χ4n) is 1.94. The van der Waals surface area contributed by atoms with E-state index in [2.05, 4.69) is 26.4 Å². The lowest BCUT2D eigenvalue weighted by Gasteiger charge is -2.31. The molecule has 1 fully saturated rings. The largest absolute Gasteiger partial charge is 0.379 e. The van der Waals surface area contributed by atoms with Crippen molar-refractivity contribution in [1.82, 2.24) is 10.4 Å². The Morgan fingerprint density at radius 3 is 2.83 bits per heavy atom. The molecule has 0 aliphatic carbocycles. The summed E-state index contributed by atoms with van der Waals surface area (Å²) in [6, 6.07) is 5.83. The van der Waals surface area contributed by atoms with Crippen LogP contribution in [0.5, 0.6) is 0 Å². The number of nitrogens with one attached hydrogen (secondary N) is 1. The summed E-state index contributed by atoms with van der Waals surface area (Å²) in [4.78, 5) is 0. The van der Waals surface area contributed by atoms with E-state index in [0.29, 0.717) is 6.54 Å². The second-order valence-corrected chi connectivity index (χ2v) is 5.51. The molecule has 18 heavy (non-hydrogen) atoms. The van der Waals surface area contributed by atoms with E-state index in [1.165, 1.54) is 0 Å². The summed E-state index contributed by atoms with van der Waals surface area (Å²) in [5.41, 5.74) is 10.3. The van der Waals surface area contributed by atoms with Crippen molar-refractivity contribution in [3.63, 3.8) is 0 Å². The number of nitrogens with zero attached hydrogens (tertiary/aromatic N) is 1.